The zero-order valence-corrected chi connectivity index (χ0v) is 14.6. The van der Waals surface area contributed by atoms with Crippen molar-refractivity contribution in [2.75, 3.05) is 6.61 Å². The van der Waals surface area contributed by atoms with Gasteiger partial charge in [0.15, 0.2) is 0 Å². The molecule has 0 amide bonds. The van der Waals surface area contributed by atoms with Crippen LogP contribution < -0.4 is 0 Å². The molecular weight excluding hydrogens is 256 g/mol. The van der Waals surface area contributed by atoms with E-state index in [4.69, 9.17) is 4.74 Å². The SMILES string of the molecule is CCCCCC1CCCCC1C1CCC(OCCC)CC1. The van der Waals surface area contributed by atoms with Gasteiger partial charge >= 0.3 is 0 Å². The molecule has 21 heavy (non-hydrogen) atoms. The van der Waals surface area contributed by atoms with Crippen LogP contribution in [0.25, 0.3) is 0 Å². The number of rotatable bonds is 8. The maximum absolute atomic E-state index is 5.97. The molecule has 0 aromatic rings. The monoisotopic (exact) mass is 294 g/mol. The van der Waals surface area contributed by atoms with Crippen LogP contribution in [-0.2, 0) is 4.74 Å². The molecule has 0 aliphatic heterocycles. The van der Waals surface area contributed by atoms with Crippen molar-refractivity contribution in [3.63, 3.8) is 0 Å². The summed E-state index contributed by atoms with van der Waals surface area (Å²) < 4.78 is 5.97. The molecule has 0 heterocycles. The summed E-state index contributed by atoms with van der Waals surface area (Å²) >= 11 is 0. The van der Waals surface area contributed by atoms with Gasteiger partial charge in [0.1, 0.15) is 0 Å². The van der Waals surface area contributed by atoms with E-state index in [9.17, 15) is 0 Å². The lowest BCUT2D eigenvalue weighted by Crippen LogP contribution is -2.32. The highest BCUT2D eigenvalue weighted by Gasteiger charge is 2.33. The molecule has 2 aliphatic rings. The van der Waals surface area contributed by atoms with Crippen molar-refractivity contribution in [3.8, 4) is 0 Å². The Labute approximate surface area is 133 Å². The summed E-state index contributed by atoms with van der Waals surface area (Å²) in [6, 6.07) is 0. The number of hydrogen-bond donors (Lipinski definition) is 0. The van der Waals surface area contributed by atoms with E-state index in [1.807, 2.05) is 0 Å². The van der Waals surface area contributed by atoms with Gasteiger partial charge < -0.3 is 4.74 Å². The minimum absolute atomic E-state index is 0.586. The van der Waals surface area contributed by atoms with Crippen LogP contribution in [0.3, 0.4) is 0 Å². The Morgan fingerprint density at radius 1 is 0.810 bits per heavy atom. The van der Waals surface area contributed by atoms with Gasteiger partial charge in [-0.15, -0.1) is 0 Å². The quantitative estimate of drug-likeness (QED) is 0.473. The van der Waals surface area contributed by atoms with Gasteiger partial charge in [-0.3, -0.25) is 0 Å². The van der Waals surface area contributed by atoms with E-state index >= 15 is 0 Å². The normalized spacial score (nSPS) is 34.0. The fraction of sp³-hybridized carbons (Fsp3) is 1.00. The van der Waals surface area contributed by atoms with Crippen LogP contribution >= 0.6 is 0 Å². The fourth-order valence-electron chi connectivity index (χ4n) is 4.84. The molecule has 2 unspecified atom stereocenters. The molecule has 2 fully saturated rings. The predicted octanol–water partition coefficient (Wildman–Crippen LogP) is 6.36. The molecule has 1 heteroatoms. The Kier molecular flexibility index (Phi) is 8.14. The molecule has 0 N–H and O–H groups in total. The zero-order valence-electron chi connectivity index (χ0n) is 14.6. The van der Waals surface area contributed by atoms with Gasteiger partial charge in [-0.05, 0) is 56.3 Å². The molecule has 0 aromatic carbocycles. The second-order valence-corrected chi connectivity index (χ2v) is 7.61. The highest BCUT2D eigenvalue weighted by Crippen LogP contribution is 2.43. The first kappa shape index (κ1) is 17.3. The van der Waals surface area contributed by atoms with Crippen LogP contribution in [0.15, 0.2) is 0 Å². The van der Waals surface area contributed by atoms with Gasteiger partial charge in [-0.2, -0.15) is 0 Å². The van der Waals surface area contributed by atoms with Gasteiger partial charge in [-0.1, -0.05) is 58.8 Å². The lowest BCUT2D eigenvalue weighted by atomic mass is 9.66. The maximum atomic E-state index is 5.97. The predicted molar refractivity (Wildman–Crippen MR) is 91.6 cm³/mol. The molecular formula is C20H38O. The second kappa shape index (κ2) is 9.87. The van der Waals surface area contributed by atoms with Crippen LogP contribution in [0, 0.1) is 17.8 Å². The lowest BCUT2D eigenvalue weighted by Gasteiger charge is -2.40. The molecule has 2 atom stereocenters. The lowest BCUT2D eigenvalue weighted by molar-refractivity contribution is 0.00154. The third kappa shape index (κ3) is 5.58. The summed E-state index contributed by atoms with van der Waals surface area (Å²) in [5.74, 6) is 3.14. The summed E-state index contributed by atoms with van der Waals surface area (Å²) in [5, 5.41) is 0. The third-order valence-electron chi connectivity index (χ3n) is 6.03. The van der Waals surface area contributed by atoms with Crippen LogP contribution in [0.2, 0.25) is 0 Å². The smallest absolute Gasteiger partial charge is 0.0575 e. The van der Waals surface area contributed by atoms with Crippen molar-refractivity contribution in [3.05, 3.63) is 0 Å². The van der Waals surface area contributed by atoms with E-state index in [1.54, 1.807) is 0 Å². The Hall–Kier alpha value is -0.0400. The molecule has 0 spiro atoms. The molecule has 0 saturated heterocycles. The largest absolute Gasteiger partial charge is 0.378 e. The van der Waals surface area contributed by atoms with Crippen molar-refractivity contribution in [1.29, 1.82) is 0 Å². The third-order valence-corrected chi connectivity index (χ3v) is 6.03. The van der Waals surface area contributed by atoms with Crippen molar-refractivity contribution in [2.24, 2.45) is 17.8 Å². The second-order valence-electron chi connectivity index (χ2n) is 7.61. The van der Waals surface area contributed by atoms with E-state index in [2.05, 4.69) is 13.8 Å². The van der Waals surface area contributed by atoms with Crippen LogP contribution in [0.5, 0.6) is 0 Å². The minimum atomic E-state index is 0.586. The van der Waals surface area contributed by atoms with Gasteiger partial charge in [0.05, 0.1) is 6.10 Å². The van der Waals surface area contributed by atoms with E-state index in [-0.39, 0.29) is 0 Å². The molecule has 124 valence electrons. The summed E-state index contributed by atoms with van der Waals surface area (Å²) in [7, 11) is 0. The Morgan fingerprint density at radius 2 is 1.57 bits per heavy atom. The Morgan fingerprint density at radius 3 is 2.29 bits per heavy atom. The van der Waals surface area contributed by atoms with Gasteiger partial charge in [0, 0.05) is 6.61 Å². The van der Waals surface area contributed by atoms with Crippen molar-refractivity contribution < 1.29 is 4.74 Å². The summed E-state index contributed by atoms with van der Waals surface area (Å²) in [6.07, 6.45) is 19.2. The Bertz CT molecular complexity index is 255. The summed E-state index contributed by atoms with van der Waals surface area (Å²) in [4.78, 5) is 0. The highest BCUT2D eigenvalue weighted by molar-refractivity contribution is 4.84. The minimum Gasteiger partial charge on any atom is -0.378 e. The molecule has 2 rings (SSSR count). The topological polar surface area (TPSA) is 9.23 Å². The first-order valence-corrected chi connectivity index (χ1v) is 9.96. The number of unbranched alkanes of at least 4 members (excludes halogenated alkanes) is 2. The average Bonchev–Trinajstić information content (AvgIpc) is 2.54. The maximum Gasteiger partial charge on any atom is 0.0575 e. The first-order valence-electron chi connectivity index (χ1n) is 9.96. The molecule has 2 saturated carbocycles. The van der Waals surface area contributed by atoms with Crippen molar-refractivity contribution in [1.82, 2.24) is 0 Å². The standard InChI is InChI=1S/C20H38O/c1-3-5-6-9-17-10-7-8-11-20(17)18-12-14-19(15-13-18)21-16-4-2/h17-20H,3-16H2,1-2H3. The van der Waals surface area contributed by atoms with Crippen LogP contribution in [-0.4, -0.2) is 12.7 Å². The molecule has 0 aromatic heterocycles. The molecule has 1 nitrogen and oxygen atoms in total. The average molecular weight is 295 g/mol. The fourth-order valence-corrected chi connectivity index (χ4v) is 4.84. The number of hydrogen-bond acceptors (Lipinski definition) is 1. The number of ether oxygens (including phenoxy) is 1. The summed E-state index contributed by atoms with van der Waals surface area (Å²) in [5.41, 5.74) is 0. The molecule has 0 radical (unpaired) electrons. The molecule has 2 aliphatic carbocycles. The van der Waals surface area contributed by atoms with E-state index in [0.717, 1.165) is 24.4 Å². The van der Waals surface area contributed by atoms with E-state index < -0.39 is 0 Å². The van der Waals surface area contributed by atoms with Crippen molar-refractivity contribution >= 4 is 0 Å². The Balaban J connectivity index is 1.76. The van der Waals surface area contributed by atoms with Gasteiger partial charge in [0.25, 0.3) is 0 Å². The van der Waals surface area contributed by atoms with Gasteiger partial charge in [-0.25, -0.2) is 0 Å². The van der Waals surface area contributed by atoms with Crippen LogP contribution in [0.4, 0.5) is 0 Å². The van der Waals surface area contributed by atoms with Crippen LogP contribution in [0.1, 0.15) is 97.3 Å². The zero-order chi connectivity index (χ0) is 14.9. The van der Waals surface area contributed by atoms with Gasteiger partial charge in [0.2, 0.25) is 0 Å². The molecule has 0 bridgehead atoms. The highest BCUT2D eigenvalue weighted by atomic mass is 16.5. The first-order chi connectivity index (χ1) is 10.3. The van der Waals surface area contributed by atoms with Crippen molar-refractivity contribution in [2.45, 2.75) is 103 Å². The summed E-state index contributed by atoms with van der Waals surface area (Å²) in [6.45, 7) is 5.52. The van der Waals surface area contributed by atoms with E-state index in [1.165, 1.54) is 83.5 Å². The van der Waals surface area contributed by atoms with E-state index in [0.29, 0.717) is 6.10 Å².